The van der Waals surface area contributed by atoms with Crippen molar-refractivity contribution in [2.24, 2.45) is 0 Å². The summed E-state index contributed by atoms with van der Waals surface area (Å²) in [7, 11) is 0. The number of benzene rings is 1. The van der Waals surface area contributed by atoms with E-state index in [4.69, 9.17) is 28.3 Å². The number of hydrogen-bond acceptors (Lipinski definition) is 2. The zero-order valence-electron chi connectivity index (χ0n) is 6.90. The van der Waals surface area contributed by atoms with Crippen LogP contribution >= 0.6 is 23.2 Å². The average molecular weight is 259 g/mol. The smallest absolute Gasteiger partial charge is 0.417 e. The molecule has 7 heteroatoms. The van der Waals surface area contributed by atoms with Crippen molar-refractivity contribution in [2.45, 2.75) is 6.18 Å². The Balaban J connectivity index is 3.39. The van der Waals surface area contributed by atoms with Crippen molar-refractivity contribution >= 4 is 28.4 Å². The van der Waals surface area contributed by atoms with Gasteiger partial charge in [-0.25, -0.2) is 0 Å². The lowest BCUT2D eigenvalue weighted by Gasteiger charge is -2.10. The van der Waals surface area contributed by atoms with Crippen LogP contribution in [0.3, 0.4) is 0 Å². The van der Waals surface area contributed by atoms with E-state index in [0.29, 0.717) is 12.1 Å². The van der Waals surface area contributed by atoms with Crippen molar-refractivity contribution in [3.63, 3.8) is 0 Å². The summed E-state index contributed by atoms with van der Waals surface area (Å²) in [4.78, 5) is 10.6. The van der Waals surface area contributed by atoms with Crippen molar-refractivity contribution in [1.29, 1.82) is 0 Å². The highest BCUT2D eigenvalue weighted by atomic mass is 35.5. The molecular weight excluding hydrogens is 256 g/mol. The van der Waals surface area contributed by atoms with Gasteiger partial charge in [0, 0.05) is 0 Å². The maximum Gasteiger partial charge on any atom is 0.417 e. The molecule has 82 valence electrons. The molecule has 0 aliphatic heterocycles. The lowest BCUT2D eigenvalue weighted by atomic mass is 10.1. The van der Waals surface area contributed by atoms with Crippen molar-refractivity contribution in [2.75, 3.05) is 0 Å². The Morgan fingerprint density at radius 1 is 1.33 bits per heavy atom. The molecule has 0 fully saturated rings. The minimum Gasteiger partial charge on any atom is -0.507 e. The van der Waals surface area contributed by atoms with Crippen LogP contribution in [0.1, 0.15) is 15.9 Å². The van der Waals surface area contributed by atoms with Gasteiger partial charge in [-0.2, -0.15) is 13.2 Å². The molecule has 1 rings (SSSR count). The molecule has 0 bridgehead atoms. The van der Waals surface area contributed by atoms with Gasteiger partial charge >= 0.3 is 6.18 Å². The third-order valence-electron chi connectivity index (χ3n) is 1.60. The number of rotatable bonds is 1. The van der Waals surface area contributed by atoms with E-state index in [1.165, 1.54) is 0 Å². The molecule has 0 atom stereocenters. The Bertz CT molecular complexity index is 415. The van der Waals surface area contributed by atoms with Gasteiger partial charge in [-0.05, 0) is 23.7 Å². The van der Waals surface area contributed by atoms with Gasteiger partial charge in [0.1, 0.15) is 5.75 Å². The predicted molar refractivity (Wildman–Crippen MR) is 48.3 cm³/mol. The van der Waals surface area contributed by atoms with Gasteiger partial charge in [0.15, 0.2) is 0 Å². The zero-order chi connectivity index (χ0) is 11.8. The summed E-state index contributed by atoms with van der Waals surface area (Å²) in [6.45, 7) is 0. The number of alkyl halides is 3. The summed E-state index contributed by atoms with van der Waals surface area (Å²) >= 11 is 10.3. The van der Waals surface area contributed by atoms with Crippen LogP contribution in [0.4, 0.5) is 13.2 Å². The first-order valence-corrected chi connectivity index (χ1v) is 4.28. The van der Waals surface area contributed by atoms with E-state index in [1.807, 2.05) is 0 Å². The molecular formula is C8H3Cl2F3O2. The summed E-state index contributed by atoms with van der Waals surface area (Å²) in [5.74, 6) is -0.855. The maximum absolute atomic E-state index is 12.2. The molecule has 0 aliphatic rings. The minimum atomic E-state index is -4.69. The summed E-state index contributed by atoms with van der Waals surface area (Å²) < 4.78 is 36.7. The number of carbonyl (C=O) groups excluding carboxylic acids is 1. The molecule has 0 saturated carbocycles. The fraction of sp³-hybridized carbons (Fsp3) is 0.125. The van der Waals surface area contributed by atoms with Crippen molar-refractivity contribution < 1.29 is 23.1 Å². The largest absolute Gasteiger partial charge is 0.507 e. The molecule has 1 aromatic rings. The second-order valence-corrected chi connectivity index (χ2v) is 3.37. The molecule has 0 aromatic heterocycles. The predicted octanol–water partition coefficient (Wildman–Crippen LogP) is 3.44. The number of phenols is 1. The Morgan fingerprint density at radius 2 is 1.87 bits per heavy atom. The van der Waals surface area contributed by atoms with Gasteiger partial charge in [-0.3, -0.25) is 4.79 Å². The number of phenolic OH excluding ortho intramolecular Hbond substituents is 1. The standard InChI is InChI=1S/C8H3Cl2F3O2/c9-5-1-3(7(10)15)6(14)2-4(5)8(11,12)13/h1-2,14H. The molecule has 0 saturated heterocycles. The second kappa shape index (κ2) is 3.90. The first kappa shape index (κ1) is 12.1. The molecule has 0 heterocycles. The van der Waals surface area contributed by atoms with Crippen LogP contribution in [0, 0.1) is 0 Å². The Labute approximate surface area is 92.2 Å². The van der Waals surface area contributed by atoms with Crippen molar-refractivity contribution in [3.8, 4) is 5.75 Å². The fourth-order valence-corrected chi connectivity index (χ4v) is 1.36. The maximum atomic E-state index is 12.2. The van der Waals surface area contributed by atoms with Gasteiger partial charge in [0.25, 0.3) is 5.24 Å². The lowest BCUT2D eigenvalue weighted by molar-refractivity contribution is -0.137. The third kappa shape index (κ3) is 2.54. The highest BCUT2D eigenvalue weighted by molar-refractivity contribution is 6.68. The normalized spacial score (nSPS) is 11.5. The van der Waals surface area contributed by atoms with Crippen molar-refractivity contribution in [1.82, 2.24) is 0 Å². The number of hydrogen-bond donors (Lipinski definition) is 1. The van der Waals surface area contributed by atoms with E-state index in [0.717, 1.165) is 0 Å². The first-order chi connectivity index (χ1) is 6.73. The van der Waals surface area contributed by atoms with Gasteiger partial charge in [0.2, 0.25) is 0 Å². The van der Waals surface area contributed by atoms with Crippen molar-refractivity contribution in [3.05, 3.63) is 28.3 Å². The van der Waals surface area contributed by atoms with E-state index in [-0.39, 0.29) is 0 Å². The fourth-order valence-electron chi connectivity index (χ4n) is 0.936. The summed E-state index contributed by atoms with van der Waals surface area (Å²) in [5.41, 5.74) is -1.68. The molecule has 2 nitrogen and oxygen atoms in total. The molecule has 0 spiro atoms. The molecule has 0 radical (unpaired) electrons. The number of carbonyl (C=O) groups is 1. The zero-order valence-corrected chi connectivity index (χ0v) is 8.41. The molecule has 0 aliphatic carbocycles. The van der Waals surface area contributed by atoms with Crippen LogP contribution in [0.25, 0.3) is 0 Å². The second-order valence-electron chi connectivity index (χ2n) is 2.62. The number of aromatic hydroxyl groups is 1. The first-order valence-electron chi connectivity index (χ1n) is 3.53. The van der Waals surface area contributed by atoms with Crippen LogP contribution in [0.5, 0.6) is 5.75 Å². The highest BCUT2D eigenvalue weighted by Gasteiger charge is 2.34. The van der Waals surface area contributed by atoms with E-state index in [2.05, 4.69) is 0 Å². The third-order valence-corrected chi connectivity index (χ3v) is 2.12. The van der Waals surface area contributed by atoms with Crippen LogP contribution in [-0.4, -0.2) is 10.3 Å². The summed E-state index contributed by atoms with van der Waals surface area (Å²) in [6.07, 6.45) is -4.69. The van der Waals surface area contributed by atoms with Crippen LogP contribution in [-0.2, 0) is 6.18 Å². The minimum absolute atomic E-state index is 0.359. The average Bonchev–Trinajstić information content (AvgIpc) is 2.06. The summed E-state index contributed by atoms with van der Waals surface area (Å²) in [5, 5.41) is 7.31. The highest BCUT2D eigenvalue weighted by Crippen LogP contribution is 2.38. The van der Waals surface area contributed by atoms with Gasteiger partial charge in [0.05, 0.1) is 16.1 Å². The van der Waals surface area contributed by atoms with Gasteiger partial charge in [-0.15, -0.1) is 0 Å². The molecule has 0 amide bonds. The van der Waals surface area contributed by atoms with E-state index < -0.39 is 33.3 Å². The quantitative estimate of drug-likeness (QED) is 0.784. The van der Waals surface area contributed by atoms with E-state index in [1.54, 1.807) is 0 Å². The lowest BCUT2D eigenvalue weighted by Crippen LogP contribution is -2.06. The molecule has 0 unspecified atom stereocenters. The Kier molecular flexibility index (Phi) is 3.16. The summed E-state index contributed by atoms with van der Waals surface area (Å²) in [6, 6.07) is 1.03. The van der Waals surface area contributed by atoms with Gasteiger partial charge in [-0.1, -0.05) is 11.6 Å². The topological polar surface area (TPSA) is 37.3 Å². The van der Waals surface area contributed by atoms with Crippen LogP contribution in [0.15, 0.2) is 12.1 Å². The number of halogens is 5. The molecule has 1 N–H and O–H groups in total. The van der Waals surface area contributed by atoms with E-state index in [9.17, 15) is 18.0 Å². The monoisotopic (exact) mass is 258 g/mol. The Morgan fingerprint density at radius 3 is 2.27 bits per heavy atom. The van der Waals surface area contributed by atoms with E-state index >= 15 is 0 Å². The molecule has 15 heavy (non-hydrogen) atoms. The SMILES string of the molecule is O=C(Cl)c1cc(Cl)c(C(F)(F)F)cc1O. The van der Waals surface area contributed by atoms with Crippen LogP contribution in [0.2, 0.25) is 5.02 Å². The van der Waals surface area contributed by atoms with Gasteiger partial charge < -0.3 is 5.11 Å². The Hall–Kier alpha value is -0.940. The molecule has 1 aromatic carbocycles. The van der Waals surface area contributed by atoms with Crippen LogP contribution < -0.4 is 0 Å².